The molecule has 2 aliphatic rings. The van der Waals surface area contributed by atoms with Crippen LogP contribution in [-0.2, 0) is 4.79 Å². The number of anilines is 1. The first-order chi connectivity index (χ1) is 11.7. The summed E-state index contributed by atoms with van der Waals surface area (Å²) in [5.41, 5.74) is 8.00. The van der Waals surface area contributed by atoms with Crippen LogP contribution in [0, 0.1) is 17.8 Å². The van der Waals surface area contributed by atoms with E-state index < -0.39 is 0 Å². The third kappa shape index (κ3) is 3.70. The van der Waals surface area contributed by atoms with Gasteiger partial charge in [-0.2, -0.15) is 15.0 Å². The average molecular weight is 362 g/mol. The van der Waals surface area contributed by atoms with E-state index in [2.05, 4.69) is 15.5 Å². The molecular formula is C18H24ClN5O. The molecule has 7 heteroatoms. The van der Waals surface area contributed by atoms with Gasteiger partial charge in [0.15, 0.2) is 0 Å². The Kier molecular flexibility index (Phi) is 5.39. The Morgan fingerprint density at radius 2 is 1.68 bits per heavy atom. The molecule has 134 valence electrons. The Morgan fingerprint density at radius 1 is 1.08 bits per heavy atom. The highest BCUT2D eigenvalue weighted by atomic mass is 35.5. The third-order valence-corrected chi connectivity index (χ3v) is 5.57. The lowest BCUT2D eigenvalue weighted by molar-refractivity contribution is -0.122. The Hall–Kier alpha value is -1.92. The number of hydrogen-bond donors (Lipinski definition) is 2. The van der Waals surface area contributed by atoms with E-state index in [-0.39, 0.29) is 24.2 Å². The first-order valence-electron chi connectivity index (χ1n) is 8.74. The highest BCUT2D eigenvalue weighted by Gasteiger charge is 2.40. The molecule has 4 rings (SSSR count). The van der Waals surface area contributed by atoms with Gasteiger partial charge in [0.05, 0.1) is 18.1 Å². The van der Waals surface area contributed by atoms with Crippen molar-refractivity contribution in [2.24, 2.45) is 23.5 Å². The summed E-state index contributed by atoms with van der Waals surface area (Å²) >= 11 is 0. The van der Waals surface area contributed by atoms with Gasteiger partial charge in [-0.3, -0.25) is 4.79 Å². The summed E-state index contributed by atoms with van der Waals surface area (Å²) in [6.45, 7) is 0. The second-order valence-electron chi connectivity index (χ2n) is 7.05. The fourth-order valence-corrected chi connectivity index (χ4v) is 4.27. The van der Waals surface area contributed by atoms with Gasteiger partial charge in [0.25, 0.3) is 0 Å². The highest BCUT2D eigenvalue weighted by molar-refractivity contribution is 5.92. The summed E-state index contributed by atoms with van der Waals surface area (Å²) in [4.78, 5) is 14.2. The highest BCUT2D eigenvalue weighted by Crippen LogP contribution is 2.42. The molecule has 2 atom stereocenters. The number of fused-ring (bicyclic) bond motifs is 2. The number of benzene rings is 1. The van der Waals surface area contributed by atoms with E-state index in [4.69, 9.17) is 5.73 Å². The smallest absolute Gasteiger partial charge is 0.227 e. The normalized spacial score (nSPS) is 28.0. The van der Waals surface area contributed by atoms with E-state index in [0.717, 1.165) is 24.2 Å². The second kappa shape index (κ2) is 7.54. The van der Waals surface area contributed by atoms with Gasteiger partial charge in [-0.1, -0.05) is 6.42 Å². The quantitative estimate of drug-likeness (QED) is 0.880. The SMILES string of the molecule is Cl.NC1C2CCCC1CC(C(=O)Nc1ccc(-n3nccn3)cc1)C2. The maximum Gasteiger partial charge on any atom is 0.227 e. The first-order valence-corrected chi connectivity index (χ1v) is 8.74. The number of nitrogens with two attached hydrogens (primary N) is 1. The van der Waals surface area contributed by atoms with Crippen molar-refractivity contribution >= 4 is 24.0 Å². The van der Waals surface area contributed by atoms with Crippen molar-refractivity contribution in [2.45, 2.75) is 38.1 Å². The fourth-order valence-electron chi connectivity index (χ4n) is 4.27. The maximum atomic E-state index is 12.6. The summed E-state index contributed by atoms with van der Waals surface area (Å²) in [5.74, 6) is 1.25. The molecular weight excluding hydrogens is 338 g/mol. The number of rotatable bonds is 3. The van der Waals surface area contributed by atoms with Crippen LogP contribution in [0.1, 0.15) is 32.1 Å². The van der Waals surface area contributed by atoms with Crippen LogP contribution in [0.2, 0.25) is 0 Å². The summed E-state index contributed by atoms with van der Waals surface area (Å²) in [7, 11) is 0. The Morgan fingerprint density at radius 3 is 2.28 bits per heavy atom. The predicted octanol–water partition coefficient (Wildman–Crippen LogP) is 2.78. The standard InChI is InChI=1S/C18H23N5O.ClH/c19-17-12-2-1-3-13(17)11-14(10-12)18(24)22-15-4-6-16(7-5-15)23-20-8-9-21-23;/h4-9,12-14,17H,1-3,10-11,19H2,(H,22,24);1H. The Labute approximate surface area is 153 Å². The molecule has 1 amide bonds. The molecule has 0 spiro atoms. The zero-order valence-corrected chi connectivity index (χ0v) is 14.9. The molecule has 2 aromatic rings. The van der Waals surface area contributed by atoms with E-state index in [9.17, 15) is 4.79 Å². The zero-order valence-electron chi connectivity index (χ0n) is 14.0. The summed E-state index contributed by atoms with van der Waals surface area (Å²) in [6, 6.07) is 7.89. The van der Waals surface area contributed by atoms with Crippen LogP contribution in [0.3, 0.4) is 0 Å². The topological polar surface area (TPSA) is 85.8 Å². The lowest BCUT2D eigenvalue weighted by atomic mass is 9.65. The molecule has 0 saturated heterocycles. The summed E-state index contributed by atoms with van der Waals surface area (Å²) in [6.07, 6.45) is 8.75. The van der Waals surface area contributed by atoms with Crippen LogP contribution in [-0.4, -0.2) is 26.9 Å². The van der Waals surface area contributed by atoms with Crippen molar-refractivity contribution in [1.29, 1.82) is 0 Å². The van der Waals surface area contributed by atoms with Crippen molar-refractivity contribution < 1.29 is 4.79 Å². The Bertz CT molecular complexity index is 689. The van der Waals surface area contributed by atoms with Crippen LogP contribution >= 0.6 is 12.4 Å². The fraction of sp³-hybridized carbons (Fsp3) is 0.500. The van der Waals surface area contributed by atoms with Crippen LogP contribution in [0.4, 0.5) is 5.69 Å². The van der Waals surface area contributed by atoms with Crippen molar-refractivity contribution in [1.82, 2.24) is 15.0 Å². The van der Waals surface area contributed by atoms with Gasteiger partial charge < -0.3 is 11.1 Å². The maximum absolute atomic E-state index is 12.6. The van der Waals surface area contributed by atoms with Gasteiger partial charge in [0, 0.05) is 17.6 Å². The number of nitrogens with one attached hydrogen (secondary N) is 1. The minimum atomic E-state index is 0. The zero-order chi connectivity index (χ0) is 16.5. The molecule has 6 nitrogen and oxygen atoms in total. The van der Waals surface area contributed by atoms with Crippen molar-refractivity contribution in [2.75, 3.05) is 5.32 Å². The Balaban J connectivity index is 0.00000182. The summed E-state index contributed by atoms with van der Waals surface area (Å²) < 4.78 is 0. The van der Waals surface area contributed by atoms with Crippen molar-refractivity contribution in [3.05, 3.63) is 36.7 Å². The van der Waals surface area contributed by atoms with Crippen molar-refractivity contribution in [3.63, 3.8) is 0 Å². The number of halogens is 1. The molecule has 3 N–H and O–H groups in total. The number of aromatic nitrogens is 3. The van der Waals surface area contributed by atoms with Crippen LogP contribution in [0.5, 0.6) is 0 Å². The molecule has 2 aliphatic carbocycles. The van der Waals surface area contributed by atoms with Gasteiger partial charge in [-0.15, -0.1) is 12.4 Å². The molecule has 1 aromatic carbocycles. The van der Waals surface area contributed by atoms with E-state index in [1.807, 2.05) is 24.3 Å². The molecule has 2 saturated carbocycles. The van der Waals surface area contributed by atoms with E-state index in [1.165, 1.54) is 19.3 Å². The average Bonchev–Trinajstić information content (AvgIpc) is 3.09. The van der Waals surface area contributed by atoms with Gasteiger partial charge in [0.1, 0.15) is 0 Å². The molecule has 25 heavy (non-hydrogen) atoms. The van der Waals surface area contributed by atoms with Gasteiger partial charge in [-0.05, 0) is 61.8 Å². The van der Waals surface area contributed by atoms with E-state index in [0.29, 0.717) is 17.9 Å². The van der Waals surface area contributed by atoms with Gasteiger partial charge in [-0.25, -0.2) is 0 Å². The van der Waals surface area contributed by atoms with Crippen LogP contribution in [0.25, 0.3) is 5.69 Å². The molecule has 1 heterocycles. The number of nitrogens with zero attached hydrogens (tertiary/aromatic N) is 3. The lowest BCUT2D eigenvalue weighted by Crippen LogP contribution is -2.48. The minimum absolute atomic E-state index is 0. The molecule has 2 unspecified atom stereocenters. The molecule has 1 aromatic heterocycles. The lowest BCUT2D eigenvalue weighted by Gasteiger charge is -2.43. The predicted molar refractivity (Wildman–Crippen MR) is 98.8 cm³/mol. The monoisotopic (exact) mass is 361 g/mol. The van der Waals surface area contributed by atoms with Crippen molar-refractivity contribution in [3.8, 4) is 5.69 Å². The minimum Gasteiger partial charge on any atom is -0.327 e. The second-order valence-corrected chi connectivity index (χ2v) is 7.05. The number of amides is 1. The number of carbonyl (C=O) groups excluding carboxylic acids is 1. The number of carbonyl (C=O) groups is 1. The van der Waals surface area contributed by atoms with Gasteiger partial charge in [0.2, 0.25) is 5.91 Å². The molecule has 0 aliphatic heterocycles. The van der Waals surface area contributed by atoms with Gasteiger partial charge >= 0.3 is 0 Å². The van der Waals surface area contributed by atoms with Crippen LogP contribution in [0.15, 0.2) is 36.7 Å². The molecule has 2 fully saturated rings. The third-order valence-electron chi connectivity index (χ3n) is 5.57. The number of hydrogen-bond acceptors (Lipinski definition) is 4. The molecule has 0 radical (unpaired) electrons. The molecule has 2 bridgehead atoms. The van der Waals surface area contributed by atoms with E-state index >= 15 is 0 Å². The summed E-state index contributed by atoms with van der Waals surface area (Å²) in [5, 5.41) is 11.3. The van der Waals surface area contributed by atoms with E-state index in [1.54, 1.807) is 17.2 Å². The largest absolute Gasteiger partial charge is 0.327 e. The first kappa shape index (κ1) is 17.9. The van der Waals surface area contributed by atoms with Crippen LogP contribution < -0.4 is 11.1 Å².